The molecule has 0 N–H and O–H groups in total. The quantitative estimate of drug-likeness (QED) is 0.364. The number of hydrogen-bond acceptors (Lipinski definition) is 10. The van der Waals surface area contributed by atoms with E-state index in [1.54, 1.807) is 6.92 Å². The van der Waals surface area contributed by atoms with E-state index in [0.717, 1.165) is 20.8 Å². The lowest BCUT2D eigenvalue weighted by atomic mass is 9.90. The second-order valence-corrected chi connectivity index (χ2v) is 6.36. The molecule has 0 saturated carbocycles. The van der Waals surface area contributed by atoms with Gasteiger partial charge in [-0.3, -0.25) is 19.2 Å². The number of rotatable bonds is 5. The maximum Gasteiger partial charge on any atom is 0.305 e. The van der Waals surface area contributed by atoms with Crippen LogP contribution in [0.25, 0.3) is 0 Å². The van der Waals surface area contributed by atoms with Gasteiger partial charge in [0.05, 0.1) is 6.61 Å². The number of carbonyl (C=O) groups is 4. The van der Waals surface area contributed by atoms with Gasteiger partial charge in [0.15, 0.2) is 12.2 Å². The lowest BCUT2D eigenvalue weighted by molar-refractivity contribution is -0.303. The van der Waals surface area contributed by atoms with Crippen LogP contribution in [0.2, 0.25) is 0 Å². The highest BCUT2D eigenvalue weighted by Gasteiger charge is 2.62. The van der Waals surface area contributed by atoms with Gasteiger partial charge in [-0.05, 0) is 6.92 Å². The third-order valence-corrected chi connectivity index (χ3v) is 3.88. The van der Waals surface area contributed by atoms with Gasteiger partial charge < -0.3 is 28.4 Å². The molecule has 0 spiro atoms. The van der Waals surface area contributed by atoms with Gasteiger partial charge in [-0.2, -0.15) is 0 Å². The lowest BCUT2D eigenvalue weighted by Crippen LogP contribution is -2.65. The molecular formula is C16H22O10. The van der Waals surface area contributed by atoms with E-state index >= 15 is 0 Å². The van der Waals surface area contributed by atoms with Crippen molar-refractivity contribution < 1.29 is 47.6 Å². The molecule has 0 radical (unpaired) electrons. The molecule has 2 aliphatic rings. The number of esters is 4. The van der Waals surface area contributed by atoms with E-state index in [1.165, 1.54) is 6.92 Å². The second-order valence-electron chi connectivity index (χ2n) is 6.36. The molecule has 6 atom stereocenters. The first kappa shape index (κ1) is 20.1. The normalized spacial score (nSPS) is 35.8. The van der Waals surface area contributed by atoms with Crippen molar-refractivity contribution in [3.05, 3.63) is 0 Å². The highest BCUT2D eigenvalue weighted by molar-refractivity contribution is 5.69. The van der Waals surface area contributed by atoms with Crippen LogP contribution in [-0.2, 0) is 47.6 Å². The van der Waals surface area contributed by atoms with Crippen LogP contribution in [0.5, 0.6) is 0 Å². The summed E-state index contributed by atoms with van der Waals surface area (Å²) in [5.74, 6) is -2.77. The van der Waals surface area contributed by atoms with Gasteiger partial charge in [0, 0.05) is 27.7 Å². The third-order valence-electron chi connectivity index (χ3n) is 3.88. The molecule has 2 heterocycles. The topological polar surface area (TPSA) is 127 Å². The Morgan fingerprint density at radius 3 is 1.62 bits per heavy atom. The maximum atomic E-state index is 11.6. The van der Waals surface area contributed by atoms with Crippen LogP contribution in [-0.4, -0.2) is 66.8 Å². The first-order valence-corrected chi connectivity index (χ1v) is 8.02. The zero-order chi connectivity index (χ0) is 19.6. The molecule has 0 aromatic heterocycles. The summed E-state index contributed by atoms with van der Waals surface area (Å²) in [4.78, 5) is 46.1. The molecule has 0 aromatic rings. The second kappa shape index (κ2) is 7.58. The van der Waals surface area contributed by atoms with Crippen molar-refractivity contribution in [2.24, 2.45) is 0 Å². The zero-order valence-corrected chi connectivity index (χ0v) is 15.2. The lowest BCUT2D eigenvalue weighted by Gasteiger charge is -2.44. The Morgan fingerprint density at radius 1 is 0.769 bits per heavy atom. The Balaban J connectivity index is 2.43. The van der Waals surface area contributed by atoms with E-state index in [4.69, 9.17) is 28.4 Å². The SMILES string of the molecule is CC(=O)OC1O[C@@H]([C@]2(C)CO2)[C@@H](OC(C)=O)[C@@H](OC(C)=O)[C@@H]1OC(C)=O. The zero-order valence-electron chi connectivity index (χ0n) is 15.2. The summed E-state index contributed by atoms with van der Waals surface area (Å²) in [5, 5.41) is 0. The van der Waals surface area contributed by atoms with Crippen molar-refractivity contribution in [1.82, 2.24) is 0 Å². The molecule has 2 rings (SSSR count). The van der Waals surface area contributed by atoms with Gasteiger partial charge >= 0.3 is 23.9 Å². The van der Waals surface area contributed by atoms with E-state index in [2.05, 4.69) is 0 Å². The largest absolute Gasteiger partial charge is 0.456 e. The third kappa shape index (κ3) is 4.70. The van der Waals surface area contributed by atoms with Gasteiger partial charge in [0.2, 0.25) is 12.4 Å². The summed E-state index contributed by atoms with van der Waals surface area (Å²) in [6.45, 7) is 6.61. The molecule has 2 aliphatic heterocycles. The molecule has 10 nitrogen and oxygen atoms in total. The van der Waals surface area contributed by atoms with Gasteiger partial charge in [-0.1, -0.05) is 0 Å². The van der Waals surface area contributed by atoms with E-state index in [0.29, 0.717) is 6.61 Å². The highest BCUT2D eigenvalue weighted by Crippen LogP contribution is 2.41. The number of hydrogen-bond donors (Lipinski definition) is 0. The van der Waals surface area contributed by atoms with E-state index in [-0.39, 0.29) is 0 Å². The Hall–Kier alpha value is -2.20. The standard InChI is InChI=1S/C16H22O10/c1-7(17)22-11-12(23-8(2)18)14(16(5)6-21-16)26-15(25-10(4)20)13(11)24-9(3)19/h11-15H,6H2,1-5H3/t11-,12+,13+,14-,15?,16+/m1/s1. The molecule has 2 fully saturated rings. The molecule has 0 amide bonds. The predicted molar refractivity (Wildman–Crippen MR) is 81.4 cm³/mol. The van der Waals surface area contributed by atoms with Crippen LogP contribution in [0.1, 0.15) is 34.6 Å². The number of carbonyl (C=O) groups excluding carboxylic acids is 4. The minimum absolute atomic E-state index is 0.299. The molecule has 0 aromatic carbocycles. The Labute approximate surface area is 150 Å². The minimum Gasteiger partial charge on any atom is -0.456 e. The molecule has 1 unspecified atom stereocenters. The van der Waals surface area contributed by atoms with E-state index < -0.39 is 60.2 Å². The summed E-state index contributed by atoms with van der Waals surface area (Å²) < 4.78 is 31.9. The van der Waals surface area contributed by atoms with Crippen LogP contribution in [0, 0.1) is 0 Å². The van der Waals surface area contributed by atoms with Crippen LogP contribution < -0.4 is 0 Å². The molecule has 26 heavy (non-hydrogen) atoms. The molecule has 0 bridgehead atoms. The Morgan fingerprint density at radius 2 is 1.19 bits per heavy atom. The van der Waals surface area contributed by atoms with Crippen LogP contribution in [0.4, 0.5) is 0 Å². The van der Waals surface area contributed by atoms with Crippen molar-refractivity contribution in [3.8, 4) is 0 Å². The summed E-state index contributed by atoms with van der Waals surface area (Å²) in [7, 11) is 0. The van der Waals surface area contributed by atoms with Crippen molar-refractivity contribution >= 4 is 23.9 Å². The van der Waals surface area contributed by atoms with Gasteiger partial charge in [-0.15, -0.1) is 0 Å². The first-order chi connectivity index (χ1) is 12.0. The average molecular weight is 374 g/mol. The van der Waals surface area contributed by atoms with Crippen LogP contribution in [0.15, 0.2) is 0 Å². The van der Waals surface area contributed by atoms with Crippen molar-refractivity contribution in [1.29, 1.82) is 0 Å². The molecular weight excluding hydrogens is 352 g/mol. The summed E-state index contributed by atoms with van der Waals surface area (Å²) in [5.41, 5.74) is -0.835. The monoisotopic (exact) mass is 374 g/mol. The Bertz CT molecular complexity index is 596. The fourth-order valence-corrected chi connectivity index (χ4v) is 2.80. The summed E-state index contributed by atoms with van der Waals surface area (Å²) >= 11 is 0. The summed E-state index contributed by atoms with van der Waals surface area (Å²) in [6, 6.07) is 0. The first-order valence-electron chi connectivity index (χ1n) is 8.02. The average Bonchev–Trinajstić information content (AvgIpc) is 3.21. The highest BCUT2D eigenvalue weighted by atomic mass is 16.8. The van der Waals surface area contributed by atoms with Crippen molar-refractivity contribution in [3.63, 3.8) is 0 Å². The molecule has 2 saturated heterocycles. The van der Waals surface area contributed by atoms with E-state index in [1.807, 2.05) is 0 Å². The van der Waals surface area contributed by atoms with Gasteiger partial charge in [0.1, 0.15) is 11.7 Å². The number of ether oxygens (including phenoxy) is 6. The summed E-state index contributed by atoms with van der Waals surface area (Å²) in [6.07, 6.45) is -5.96. The Kier molecular flexibility index (Phi) is 5.87. The van der Waals surface area contributed by atoms with E-state index in [9.17, 15) is 19.2 Å². The fraction of sp³-hybridized carbons (Fsp3) is 0.750. The molecule has 10 heteroatoms. The molecule has 0 aliphatic carbocycles. The van der Waals surface area contributed by atoms with Gasteiger partial charge in [-0.25, -0.2) is 0 Å². The predicted octanol–water partition coefficient (Wildman–Crippen LogP) is -0.142. The van der Waals surface area contributed by atoms with Gasteiger partial charge in [0.25, 0.3) is 0 Å². The maximum absolute atomic E-state index is 11.6. The van der Waals surface area contributed by atoms with Crippen molar-refractivity contribution in [2.75, 3.05) is 6.61 Å². The van der Waals surface area contributed by atoms with Crippen LogP contribution in [0.3, 0.4) is 0 Å². The fourth-order valence-electron chi connectivity index (χ4n) is 2.80. The van der Waals surface area contributed by atoms with Crippen molar-refractivity contribution in [2.45, 2.75) is 70.9 Å². The molecule has 146 valence electrons. The van der Waals surface area contributed by atoms with Crippen LogP contribution >= 0.6 is 0 Å². The minimum atomic E-state index is -1.36. The smallest absolute Gasteiger partial charge is 0.305 e. The number of epoxide rings is 1.